The van der Waals surface area contributed by atoms with E-state index in [2.05, 4.69) is 15.5 Å². The van der Waals surface area contributed by atoms with Gasteiger partial charge in [0.1, 0.15) is 17.5 Å². The lowest BCUT2D eigenvalue weighted by atomic mass is 10.3. The number of nitrogens with zero attached hydrogens (tertiary/aromatic N) is 2. The predicted octanol–water partition coefficient (Wildman–Crippen LogP) is 2.08. The number of halogens is 2. The van der Waals surface area contributed by atoms with Crippen molar-refractivity contribution in [2.24, 2.45) is 0 Å². The Morgan fingerprint density at radius 3 is 2.25 bits per heavy atom. The Bertz CT molecular complexity index is 478. The Labute approximate surface area is 90.1 Å². The second-order valence-electron chi connectivity index (χ2n) is 3.13. The summed E-state index contributed by atoms with van der Waals surface area (Å²) >= 11 is 0. The van der Waals surface area contributed by atoms with Crippen LogP contribution in [0.5, 0.6) is 0 Å². The van der Waals surface area contributed by atoms with Crippen molar-refractivity contribution in [1.82, 2.24) is 10.2 Å². The summed E-state index contributed by atoms with van der Waals surface area (Å²) in [5.74, 6) is -0.688. The third-order valence-corrected chi connectivity index (χ3v) is 1.82. The summed E-state index contributed by atoms with van der Waals surface area (Å²) in [6.07, 6.45) is 0. The molecule has 82 valence electrons. The molecule has 0 bridgehead atoms. The Kier molecular flexibility index (Phi) is 2.63. The highest BCUT2D eigenvalue weighted by atomic mass is 19.1. The van der Waals surface area contributed by atoms with Crippen LogP contribution in [0.3, 0.4) is 0 Å². The predicted molar refractivity (Wildman–Crippen MR) is 56.1 cm³/mol. The van der Waals surface area contributed by atoms with Crippen molar-refractivity contribution in [1.29, 1.82) is 0 Å². The molecule has 1 heterocycles. The fourth-order valence-corrected chi connectivity index (χ4v) is 1.18. The van der Waals surface area contributed by atoms with Crippen LogP contribution in [0.15, 0.2) is 30.3 Å². The molecule has 2 aromatic rings. The molecular formula is C10H8F2N4. The number of hydrogen-bond acceptors (Lipinski definition) is 4. The van der Waals surface area contributed by atoms with E-state index < -0.39 is 11.6 Å². The fourth-order valence-electron chi connectivity index (χ4n) is 1.18. The van der Waals surface area contributed by atoms with Gasteiger partial charge < -0.3 is 11.1 Å². The number of nitrogens with one attached hydrogen (secondary N) is 1. The summed E-state index contributed by atoms with van der Waals surface area (Å²) in [5, 5.41) is 10.0. The molecule has 0 aliphatic rings. The van der Waals surface area contributed by atoms with Gasteiger partial charge in [-0.2, -0.15) is 0 Å². The first-order valence-corrected chi connectivity index (χ1v) is 4.46. The van der Waals surface area contributed by atoms with E-state index in [1.165, 1.54) is 6.07 Å². The van der Waals surface area contributed by atoms with Crippen LogP contribution in [0, 0.1) is 11.6 Å². The third-order valence-electron chi connectivity index (χ3n) is 1.82. The average molecular weight is 222 g/mol. The van der Waals surface area contributed by atoms with Gasteiger partial charge in [-0.25, -0.2) is 8.78 Å². The molecule has 4 nitrogen and oxygen atoms in total. The van der Waals surface area contributed by atoms with Crippen LogP contribution < -0.4 is 11.1 Å². The van der Waals surface area contributed by atoms with Crippen LogP contribution in [0.4, 0.5) is 26.1 Å². The maximum absolute atomic E-state index is 12.9. The molecule has 0 radical (unpaired) electrons. The Morgan fingerprint density at radius 2 is 1.69 bits per heavy atom. The molecule has 0 amide bonds. The molecule has 0 saturated carbocycles. The molecule has 0 aliphatic heterocycles. The average Bonchev–Trinajstić information content (AvgIpc) is 2.20. The molecule has 6 heteroatoms. The van der Waals surface area contributed by atoms with Gasteiger partial charge in [0, 0.05) is 11.8 Å². The van der Waals surface area contributed by atoms with Gasteiger partial charge in [0.2, 0.25) is 0 Å². The highest BCUT2D eigenvalue weighted by molar-refractivity contribution is 5.56. The van der Waals surface area contributed by atoms with Gasteiger partial charge in [-0.15, -0.1) is 10.2 Å². The molecule has 0 atom stereocenters. The van der Waals surface area contributed by atoms with E-state index in [-0.39, 0.29) is 11.5 Å². The highest BCUT2D eigenvalue weighted by Crippen LogP contribution is 2.17. The van der Waals surface area contributed by atoms with Crippen molar-refractivity contribution < 1.29 is 8.78 Å². The topological polar surface area (TPSA) is 63.8 Å². The first-order chi connectivity index (χ1) is 7.63. The van der Waals surface area contributed by atoms with Crippen LogP contribution in [0.25, 0.3) is 0 Å². The Balaban J connectivity index is 2.23. The molecule has 0 spiro atoms. The van der Waals surface area contributed by atoms with Gasteiger partial charge in [0.05, 0.1) is 0 Å². The van der Waals surface area contributed by atoms with Crippen molar-refractivity contribution in [2.45, 2.75) is 0 Å². The lowest BCUT2D eigenvalue weighted by molar-refractivity contribution is 0.584. The number of rotatable bonds is 2. The lowest BCUT2D eigenvalue weighted by Gasteiger charge is -2.04. The van der Waals surface area contributed by atoms with Gasteiger partial charge in [0.25, 0.3) is 0 Å². The van der Waals surface area contributed by atoms with E-state index in [9.17, 15) is 8.78 Å². The molecule has 0 aliphatic carbocycles. The molecule has 2 rings (SSSR count). The summed E-state index contributed by atoms with van der Waals surface area (Å²) in [7, 11) is 0. The van der Waals surface area contributed by atoms with Crippen LogP contribution in [-0.4, -0.2) is 10.2 Å². The summed E-state index contributed by atoms with van der Waals surface area (Å²) in [6, 6.07) is 6.19. The second-order valence-corrected chi connectivity index (χ2v) is 3.13. The summed E-state index contributed by atoms with van der Waals surface area (Å²) in [4.78, 5) is 0. The normalized spacial score (nSPS) is 10.1. The van der Waals surface area contributed by atoms with Gasteiger partial charge in [-0.05, 0) is 24.3 Å². The number of hydrogen-bond donors (Lipinski definition) is 2. The molecule has 16 heavy (non-hydrogen) atoms. The first kappa shape index (κ1) is 10.3. The van der Waals surface area contributed by atoms with Gasteiger partial charge in [-0.1, -0.05) is 0 Å². The molecule has 0 unspecified atom stereocenters. The number of aromatic nitrogens is 2. The largest absolute Gasteiger partial charge is 0.382 e. The van der Waals surface area contributed by atoms with Crippen LogP contribution >= 0.6 is 0 Å². The van der Waals surface area contributed by atoms with E-state index in [0.717, 1.165) is 18.2 Å². The van der Waals surface area contributed by atoms with E-state index >= 15 is 0 Å². The standard InChI is InChI=1S/C10H8F2N4/c11-6-3-7(12)5-8(4-6)14-10-2-1-9(13)15-16-10/h1-5H,(H2,13,15)(H,14,16). The zero-order chi connectivity index (χ0) is 11.5. The molecule has 0 saturated heterocycles. The Morgan fingerprint density at radius 1 is 1.00 bits per heavy atom. The van der Waals surface area contributed by atoms with Crippen LogP contribution in [-0.2, 0) is 0 Å². The minimum atomic E-state index is -0.661. The van der Waals surface area contributed by atoms with E-state index in [1.54, 1.807) is 6.07 Å². The summed E-state index contributed by atoms with van der Waals surface area (Å²) < 4.78 is 25.7. The number of anilines is 3. The molecule has 3 N–H and O–H groups in total. The molecule has 0 fully saturated rings. The maximum Gasteiger partial charge on any atom is 0.153 e. The third kappa shape index (κ3) is 2.41. The SMILES string of the molecule is Nc1ccc(Nc2cc(F)cc(F)c2)nn1. The molecule has 1 aromatic heterocycles. The zero-order valence-electron chi connectivity index (χ0n) is 8.11. The number of nitrogens with two attached hydrogens (primary N) is 1. The number of nitrogen functional groups attached to an aromatic ring is 1. The van der Waals surface area contributed by atoms with E-state index in [4.69, 9.17) is 5.73 Å². The summed E-state index contributed by atoms with van der Waals surface area (Å²) in [5.41, 5.74) is 5.61. The van der Waals surface area contributed by atoms with Gasteiger partial charge in [0.15, 0.2) is 5.82 Å². The number of benzene rings is 1. The van der Waals surface area contributed by atoms with Crippen molar-refractivity contribution in [3.8, 4) is 0 Å². The zero-order valence-corrected chi connectivity index (χ0v) is 8.11. The second kappa shape index (κ2) is 4.09. The van der Waals surface area contributed by atoms with E-state index in [0.29, 0.717) is 5.82 Å². The highest BCUT2D eigenvalue weighted by Gasteiger charge is 2.01. The monoisotopic (exact) mass is 222 g/mol. The molecular weight excluding hydrogens is 214 g/mol. The minimum Gasteiger partial charge on any atom is -0.382 e. The van der Waals surface area contributed by atoms with Crippen molar-refractivity contribution in [3.05, 3.63) is 42.0 Å². The first-order valence-electron chi connectivity index (χ1n) is 4.46. The fraction of sp³-hybridized carbons (Fsp3) is 0. The molecule has 1 aromatic carbocycles. The van der Waals surface area contributed by atoms with Gasteiger partial charge >= 0.3 is 0 Å². The smallest absolute Gasteiger partial charge is 0.153 e. The van der Waals surface area contributed by atoms with Gasteiger partial charge in [-0.3, -0.25) is 0 Å². The lowest BCUT2D eigenvalue weighted by Crippen LogP contribution is -1.98. The Hall–Kier alpha value is -2.24. The minimum absolute atomic E-state index is 0.261. The van der Waals surface area contributed by atoms with Crippen molar-refractivity contribution in [2.75, 3.05) is 11.1 Å². The quantitative estimate of drug-likeness (QED) is 0.816. The van der Waals surface area contributed by atoms with Crippen LogP contribution in [0.1, 0.15) is 0 Å². The summed E-state index contributed by atoms with van der Waals surface area (Å²) in [6.45, 7) is 0. The maximum atomic E-state index is 12.9. The van der Waals surface area contributed by atoms with Crippen LogP contribution in [0.2, 0.25) is 0 Å². The van der Waals surface area contributed by atoms with Crippen molar-refractivity contribution in [3.63, 3.8) is 0 Å². The van der Waals surface area contributed by atoms with E-state index in [1.807, 2.05) is 0 Å². The van der Waals surface area contributed by atoms with Crippen molar-refractivity contribution >= 4 is 17.3 Å².